The van der Waals surface area contributed by atoms with E-state index in [4.69, 9.17) is 4.74 Å². The third kappa shape index (κ3) is 4.61. The van der Waals surface area contributed by atoms with E-state index in [1.165, 1.54) is 6.92 Å². The Labute approximate surface area is 96.1 Å². The number of nitrogens with zero attached hydrogens (tertiary/aromatic N) is 1. The molecule has 0 aromatic carbocycles. The average molecular weight is 228 g/mol. The van der Waals surface area contributed by atoms with Gasteiger partial charge >= 0.3 is 0 Å². The van der Waals surface area contributed by atoms with Crippen LogP contribution < -0.4 is 5.32 Å². The summed E-state index contributed by atoms with van der Waals surface area (Å²) in [7, 11) is 0. The Bertz CT molecular complexity index is 256. The molecular formula is C11H20N2O3. The smallest absolute Gasteiger partial charge is 0.222 e. The van der Waals surface area contributed by atoms with Gasteiger partial charge in [-0.25, -0.2) is 0 Å². The molecule has 92 valence electrons. The number of morpholine rings is 1. The first kappa shape index (κ1) is 13.0. The summed E-state index contributed by atoms with van der Waals surface area (Å²) < 4.78 is 5.36. The van der Waals surface area contributed by atoms with Gasteiger partial charge in [-0.2, -0.15) is 0 Å². The van der Waals surface area contributed by atoms with E-state index in [1.807, 2.05) is 11.8 Å². The highest BCUT2D eigenvalue weighted by Gasteiger charge is 2.20. The molecule has 1 fully saturated rings. The van der Waals surface area contributed by atoms with Crippen molar-refractivity contribution in [3.63, 3.8) is 0 Å². The Hall–Kier alpha value is -1.10. The first-order valence-electron chi connectivity index (χ1n) is 5.73. The molecule has 0 aliphatic carbocycles. The van der Waals surface area contributed by atoms with Crippen molar-refractivity contribution in [3.8, 4) is 0 Å². The molecule has 5 heteroatoms. The van der Waals surface area contributed by atoms with Gasteiger partial charge in [0.1, 0.15) is 0 Å². The monoisotopic (exact) mass is 228 g/mol. The van der Waals surface area contributed by atoms with Crippen LogP contribution >= 0.6 is 0 Å². The van der Waals surface area contributed by atoms with E-state index in [0.717, 1.165) is 0 Å². The topological polar surface area (TPSA) is 58.6 Å². The number of ether oxygens (including phenoxy) is 1. The summed E-state index contributed by atoms with van der Waals surface area (Å²) in [5, 5.41) is 2.68. The fourth-order valence-electron chi connectivity index (χ4n) is 1.71. The Balaban J connectivity index is 2.16. The van der Waals surface area contributed by atoms with Crippen LogP contribution in [-0.2, 0) is 14.3 Å². The molecule has 1 heterocycles. The fraction of sp³-hybridized carbons (Fsp3) is 0.818. The number of hydrogen-bond donors (Lipinski definition) is 1. The van der Waals surface area contributed by atoms with Crippen LogP contribution in [0.3, 0.4) is 0 Å². The number of hydrogen-bond acceptors (Lipinski definition) is 3. The first-order chi connectivity index (χ1) is 7.59. The standard InChI is InChI=1S/C11H20N2O3/c1-9-8-13(6-7-16-9)11(15)4-3-5-12-10(2)14/h9H,3-8H2,1-2H3,(H,12,14). The molecule has 16 heavy (non-hydrogen) atoms. The van der Waals surface area contributed by atoms with E-state index in [9.17, 15) is 9.59 Å². The Morgan fingerprint density at radius 1 is 1.50 bits per heavy atom. The number of rotatable bonds is 4. The SMILES string of the molecule is CC(=O)NCCCC(=O)N1CCOC(C)C1. The third-order valence-corrected chi connectivity index (χ3v) is 2.54. The molecule has 5 nitrogen and oxygen atoms in total. The summed E-state index contributed by atoms with van der Waals surface area (Å²) in [6, 6.07) is 0. The van der Waals surface area contributed by atoms with Crippen LogP contribution in [0, 0.1) is 0 Å². The molecule has 1 N–H and O–H groups in total. The zero-order valence-electron chi connectivity index (χ0n) is 9.99. The van der Waals surface area contributed by atoms with Gasteiger partial charge in [-0.15, -0.1) is 0 Å². The second-order valence-electron chi connectivity index (χ2n) is 4.11. The second-order valence-corrected chi connectivity index (χ2v) is 4.11. The largest absolute Gasteiger partial charge is 0.375 e. The normalized spacial score (nSPS) is 20.6. The van der Waals surface area contributed by atoms with Crippen LogP contribution in [0.25, 0.3) is 0 Å². The molecule has 0 radical (unpaired) electrons. The van der Waals surface area contributed by atoms with Crippen molar-refractivity contribution in [2.45, 2.75) is 32.8 Å². The van der Waals surface area contributed by atoms with Gasteiger partial charge in [0, 0.05) is 33.0 Å². The van der Waals surface area contributed by atoms with E-state index in [0.29, 0.717) is 39.1 Å². The summed E-state index contributed by atoms with van der Waals surface area (Å²) in [6.45, 7) is 6.00. The highest BCUT2D eigenvalue weighted by atomic mass is 16.5. The first-order valence-corrected chi connectivity index (χ1v) is 5.73. The predicted molar refractivity (Wildman–Crippen MR) is 59.9 cm³/mol. The third-order valence-electron chi connectivity index (χ3n) is 2.54. The lowest BCUT2D eigenvalue weighted by Gasteiger charge is -2.31. The Morgan fingerprint density at radius 3 is 2.88 bits per heavy atom. The lowest BCUT2D eigenvalue weighted by molar-refractivity contribution is -0.138. The quantitative estimate of drug-likeness (QED) is 0.697. The molecule has 1 rings (SSSR count). The molecular weight excluding hydrogens is 208 g/mol. The second kappa shape index (κ2) is 6.48. The van der Waals surface area contributed by atoms with Crippen LogP contribution in [0.15, 0.2) is 0 Å². The van der Waals surface area contributed by atoms with Crippen LogP contribution in [0.5, 0.6) is 0 Å². The zero-order chi connectivity index (χ0) is 12.0. The van der Waals surface area contributed by atoms with E-state index in [1.54, 1.807) is 0 Å². The maximum absolute atomic E-state index is 11.7. The fourth-order valence-corrected chi connectivity index (χ4v) is 1.71. The van der Waals surface area contributed by atoms with Crippen molar-refractivity contribution >= 4 is 11.8 Å². The number of carbonyl (C=O) groups excluding carboxylic acids is 2. The van der Waals surface area contributed by atoms with Crippen LogP contribution in [0.1, 0.15) is 26.7 Å². The van der Waals surface area contributed by atoms with Crippen LogP contribution in [0.4, 0.5) is 0 Å². The molecule has 0 saturated carbocycles. The van der Waals surface area contributed by atoms with Crippen molar-refractivity contribution in [1.29, 1.82) is 0 Å². The summed E-state index contributed by atoms with van der Waals surface area (Å²) in [5.74, 6) is 0.105. The van der Waals surface area contributed by atoms with Crippen LogP contribution in [0.2, 0.25) is 0 Å². The summed E-state index contributed by atoms with van der Waals surface area (Å²) in [5.41, 5.74) is 0. The van der Waals surface area contributed by atoms with Crippen molar-refractivity contribution in [2.75, 3.05) is 26.2 Å². The molecule has 0 bridgehead atoms. The Morgan fingerprint density at radius 2 is 2.25 bits per heavy atom. The van der Waals surface area contributed by atoms with E-state index >= 15 is 0 Å². The molecule has 1 unspecified atom stereocenters. The van der Waals surface area contributed by atoms with Gasteiger partial charge in [0.2, 0.25) is 11.8 Å². The lowest BCUT2D eigenvalue weighted by Crippen LogP contribution is -2.44. The molecule has 0 spiro atoms. The lowest BCUT2D eigenvalue weighted by atomic mass is 10.2. The van der Waals surface area contributed by atoms with Gasteiger partial charge in [0.15, 0.2) is 0 Å². The minimum absolute atomic E-state index is 0.0487. The predicted octanol–water partition coefficient (Wildman–Crippen LogP) is 0.150. The molecule has 1 saturated heterocycles. The number of amides is 2. The van der Waals surface area contributed by atoms with Gasteiger partial charge < -0.3 is 15.0 Å². The summed E-state index contributed by atoms with van der Waals surface area (Å²) >= 11 is 0. The zero-order valence-corrected chi connectivity index (χ0v) is 9.99. The number of nitrogens with one attached hydrogen (secondary N) is 1. The van der Waals surface area contributed by atoms with Gasteiger partial charge in [-0.3, -0.25) is 9.59 Å². The molecule has 1 aliphatic heterocycles. The Kier molecular flexibility index (Phi) is 5.25. The van der Waals surface area contributed by atoms with Crippen LogP contribution in [-0.4, -0.2) is 49.1 Å². The van der Waals surface area contributed by atoms with E-state index in [2.05, 4.69) is 5.32 Å². The minimum Gasteiger partial charge on any atom is -0.375 e. The van der Waals surface area contributed by atoms with Crippen molar-refractivity contribution in [3.05, 3.63) is 0 Å². The van der Waals surface area contributed by atoms with Crippen molar-refractivity contribution in [1.82, 2.24) is 10.2 Å². The molecule has 2 amide bonds. The maximum Gasteiger partial charge on any atom is 0.222 e. The van der Waals surface area contributed by atoms with Crippen molar-refractivity contribution < 1.29 is 14.3 Å². The number of carbonyl (C=O) groups is 2. The molecule has 0 aromatic rings. The van der Waals surface area contributed by atoms with Crippen molar-refractivity contribution in [2.24, 2.45) is 0 Å². The van der Waals surface area contributed by atoms with E-state index in [-0.39, 0.29) is 17.9 Å². The molecule has 0 aromatic heterocycles. The summed E-state index contributed by atoms with van der Waals surface area (Å²) in [6.07, 6.45) is 1.32. The van der Waals surface area contributed by atoms with Gasteiger partial charge in [-0.1, -0.05) is 0 Å². The highest BCUT2D eigenvalue weighted by molar-refractivity contribution is 5.76. The molecule has 1 aliphatic rings. The average Bonchev–Trinajstić information content (AvgIpc) is 2.24. The van der Waals surface area contributed by atoms with E-state index < -0.39 is 0 Å². The highest BCUT2D eigenvalue weighted by Crippen LogP contribution is 2.06. The van der Waals surface area contributed by atoms with Gasteiger partial charge in [-0.05, 0) is 13.3 Å². The minimum atomic E-state index is -0.0487. The van der Waals surface area contributed by atoms with Gasteiger partial charge in [0.05, 0.1) is 12.7 Å². The van der Waals surface area contributed by atoms with Gasteiger partial charge in [0.25, 0.3) is 0 Å². The maximum atomic E-state index is 11.7. The summed E-state index contributed by atoms with van der Waals surface area (Å²) in [4.78, 5) is 24.2. The molecule has 1 atom stereocenters.